The highest BCUT2D eigenvalue weighted by atomic mass is 19.1. The standard InChI is InChI=1S/C33H37FO4/c1-33(2)15-5-8-30(33)28-16-21(9-13-26(28)29-18-24(37-3)12-14-31(29)34)20-38-25-7-4-6-23(17-25)27(19-32(35)36)22-10-11-22/h4,6-7,9,12-14,16-18,22,27,30H,5,8,10-11,15,19-20H2,1-3H3,(H,35,36)/t27-,30-/m0/s1. The van der Waals surface area contributed by atoms with Crippen molar-refractivity contribution in [3.05, 3.63) is 83.2 Å². The maximum absolute atomic E-state index is 15.0. The van der Waals surface area contributed by atoms with Crippen LogP contribution in [0.15, 0.2) is 60.7 Å². The van der Waals surface area contributed by atoms with Gasteiger partial charge in [-0.3, -0.25) is 4.79 Å². The van der Waals surface area contributed by atoms with E-state index in [1.54, 1.807) is 19.2 Å². The Bertz CT molecular complexity index is 1310. The highest BCUT2D eigenvalue weighted by Gasteiger charge is 2.37. The van der Waals surface area contributed by atoms with Gasteiger partial charge in [-0.05, 0) is 101 Å². The van der Waals surface area contributed by atoms with E-state index < -0.39 is 5.97 Å². The van der Waals surface area contributed by atoms with Crippen LogP contribution in [0.4, 0.5) is 4.39 Å². The summed E-state index contributed by atoms with van der Waals surface area (Å²) in [5, 5.41) is 9.39. The zero-order valence-corrected chi connectivity index (χ0v) is 22.5. The van der Waals surface area contributed by atoms with Crippen molar-refractivity contribution in [2.45, 2.75) is 70.8 Å². The minimum atomic E-state index is -0.761. The van der Waals surface area contributed by atoms with Gasteiger partial charge in [0, 0.05) is 5.56 Å². The minimum Gasteiger partial charge on any atom is -0.497 e. The lowest BCUT2D eigenvalue weighted by atomic mass is 9.75. The summed E-state index contributed by atoms with van der Waals surface area (Å²) in [6.07, 6.45) is 5.70. The molecule has 0 saturated heterocycles. The maximum Gasteiger partial charge on any atom is 0.303 e. The quantitative estimate of drug-likeness (QED) is 0.294. The molecule has 3 aromatic rings. The molecule has 2 aliphatic carbocycles. The third-order valence-corrected chi connectivity index (χ3v) is 8.49. The van der Waals surface area contributed by atoms with Crippen molar-refractivity contribution in [1.29, 1.82) is 0 Å². The van der Waals surface area contributed by atoms with Gasteiger partial charge in [-0.2, -0.15) is 0 Å². The molecule has 0 unspecified atom stereocenters. The third-order valence-electron chi connectivity index (χ3n) is 8.49. The number of aliphatic carboxylic acids is 1. The lowest BCUT2D eigenvalue weighted by Crippen LogP contribution is -2.17. The van der Waals surface area contributed by atoms with E-state index in [-0.39, 0.29) is 23.6 Å². The number of carbonyl (C=O) groups is 1. The molecule has 2 fully saturated rings. The van der Waals surface area contributed by atoms with Crippen LogP contribution in [0.5, 0.6) is 11.5 Å². The molecule has 0 bridgehead atoms. The first-order valence-electron chi connectivity index (χ1n) is 13.7. The van der Waals surface area contributed by atoms with E-state index in [4.69, 9.17) is 9.47 Å². The van der Waals surface area contributed by atoms with Crippen LogP contribution >= 0.6 is 0 Å². The van der Waals surface area contributed by atoms with E-state index in [9.17, 15) is 9.90 Å². The summed E-state index contributed by atoms with van der Waals surface area (Å²) in [6.45, 7) is 4.99. The van der Waals surface area contributed by atoms with Gasteiger partial charge in [0.1, 0.15) is 23.9 Å². The van der Waals surface area contributed by atoms with E-state index in [0.717, 1.165) is 60.1 Å². The molecule has 5 heteroatoms. The average Bonchev–Trinajstić information content (AvgIpc) is 3.68. The van der Waals surface area contributed by atoms with Crippen LogP contribution in [0.25, 0.3) is 11.1 Å². The number of carboxylic acid groups (broad SMARTS) is 1. The van der Waals surface area contributed by atoms with Crippen LogP contribution in [-0.4, -0.2) is 18.2 Å². The predicted octanol–water partition coefficient (Wildman–Crippen LogP) is 8.34. The van der Waals surface area contributed by atoms with E-state index in [2.05, 4.69) is 19.9 Å². The molecular formula is C33H37FO4. The Kier molecular flexibility index (Phi) is 7.47. The van der Waals surface area contributed by atoms with Gasteiger partial charge >= 0.3 is 5.97 Å². The Morgan fingerprint density at radius 3 is 2.53 bits per heavy atom. The lowest BCUT2D eigenvalue weighted by Gasteiger charge is -2.30. The van der Waals surface area contributed by atoms with Crippen molar-refractivity contribution in [3.8, 4) is 22.6 Å². The molecule has 1 N–H and O–H groups in total. The summed E-state index contributed by atoms with van der Waals surface area (Å²) >= 11 is 0. The van der Waals surface area contributed by atoms with Gasteiger partial charge in [-0.1, -0.05) is 50.6 Å². The third kappa shape index (κ3) is 5.72. The van der Waals surface area contributed by atoms with Gasteiger partial charge in [0.25, 0.3) is 0 Å². The fourth-order valence-electron chi connectivity index (χ4n) is 6.22. The summed E-state index contributed by atoms with van der Waals surface area (Å²) < 4.78 is 26.7. The second-order valence-corrected chi connectivity index (χ2v) is 11.6. The first-order valence-corrected chi connectivity index (χ1v) is 13.7. The molecule has 200 valence electrons. The molecule has 2 aliphatic rings. The summed E-state index contributed by atoms with van der Waals surface area (Å²) in [5.74, 6) is 1.16. The number of ether oxygens (including phenoxy) is 2. The van der Waals surface area contributed by atoms with Crippen LogP contribution in [0.3, 0.4) is 0 Å². The topological polar surface area (TPSA) is 55.8 Å². The number of hydrogen-bond acceptors (Lipinski definition) is 3. The van der Waals surface area contributed by atoms with E-state index in [1.807, 2.05) is 36.4 Å². The molecule has 0 radical (unpaired) electrons. The Morgan fingerprint density at radius 2 is 1.84 bits per heavy atom. The maximum atomic E-state index is 15.0. The Balaban J connectivity index is 1.43. The number of rotatable bonds is 10. The first kappa shape index (κ1) is 26.3. The average molecular weight is 517 g/mol. The number of halogens is 1. The lowest BCUT2D eigenvalue weighted by molar-refractivity contribution is -0.137. The van der Waals surface area contributed by atoms with Gasteiger partial charge in [0.05, 0.1) is 13.5 Å². The van der Waals surface area contributed by atoms with Crippen LogP contribution in [0, 0.1) is 17.2 Å². The van der Waals surface area contributed by atoms with E-state index in [0.29, 0.717) is 29.8 Å². The normalized spacial score (nSPS) is 19.2. The monoisotopic (exact) mass is 516 g/mol. The molecule has 2 atom stereocenters. The second-order valence-electron chi connectivity index (χ2n) is 11.6. The molecule has 4 nitrogen and oxygen atoms in total. The molecule has 0 amide bonds. The van der Waals surface area contributed by atoms with Crippen LogP contribution in [0.2, 0.25) is 0 Å². The highest BCUT2D eigenvalue weighted by molar-refractivity contribution is 5.71. The Hall–Kier alpha value is -3.34. The Labute approximate surface area is 224 Å². The summed E-state index contributed by atoms with van der Waals surface area (Å²) in [5.41, 5.74) is 4.82. The summed E-state index contributed by atoms with van der Waals surface area (Å²) in [6, 6.07) is 19.0. The van der Waals surface area contributed by atoms with Crippen molar-refractivity contribution in [1.82, 2.24) is 0 Å². The molecular weight excluding hydrogens is 479 g/mol. The van der Waals surface area contributed by atoms with Gasteiger partial charge < -0.3 is 14.6 Å². The summed E-state index contributed by atoms with van der Waals surface area (Å²) in [7, 11) is 1.60. The van der Waals surface area contributed by atoms with Gasteiger partial charge in [-0.15, -0.1) is 0 Å². The van der Waals surface area contributed by atoms with Gasteiger partial charge in [0.15, 0.2) is 0 Å². The SMILES string of the molecule is COc1ccc(F)c(-c2ccc(COc3cccc([C@@H](CC(=O)O)C4CC4)c3)cc2[C@@H]2CCCC2(C)C)c1. The number of carboxylic acids is 1. The number of methoxy groups -OCH3 is 1. The predicted molar refractivity (Wildman–Crippen MR) is 147 cm³/mol. The fraction of sp³-hybridized carbons (Fsp3) is 0.424. The zero-order chi connectivity index (χ0) is 26.9. The molecule has 0 aromatic heterocycles. The Morgan fingerprint density at radius 1 is 1.03 bits per heavy atom. The van der Waals surface area contributed by atoms with Gasteiger partial charge in [-0.25, -0.2) is 4.39 Å². The molecule has 0 spiro atoms. The minimum absolute atomic E-state index is 0.0318. The van der Waals surface area contributed by atoms with E-state index in [1.165, 1.54) is 6.07 Å². The molecule has 0 heterocycles. The van der Waals surface area contributed by atoms with Crippen molar-refractivity contribution >= 4 is 5.97 Å². The van der Waals surface area contributed by atoms with Crippen LogP contribution in [0.1, 0.15) is 80.9 Å². The van der Waals surface area contributed by atoms with Crippen LogP contribution in [-0.2, 0) is 11.4 Å². The van der Waals surface area contributed by atoms with Crippen molar-refractivity contribution in [2.75, 3.05) is 7.11 Å². The zero-order valence-electron chi connectivity index (χ0n) is 22.5. The first-order chi connectivity index (χ1) is 18.2. The molecule has 38 heavy (non-hydrogen) atoms. The smallest absolute Gasteiger partial charge is 0.303 e. The van der Waals surface area contributed by atoms with Crippen LogP contribution < -0.4 is 9.47 Å². The van der Waals surface area contributed by atoms with E-state index >= 15 is 4.39 Å². The van der Waals surface area contributed by atoms with Crippen molar-refractivity contribution < 1.29 is 23.8 Å². The molecule has 3 aromatic carbocycles. The number of benzene rings is 3. The van der Waals surface area contributed by atoms with Crippen molar-refractivity contribution in [2.24, 2.45) is 11.3 Å². The molecule has 0 aliphatic heterocycles. The van der Waals surface area contributed by atoms with Gasteiger partial charge in [0.2, 0.25) is 0 Å². The molecule has 2 saturated carbocycles. The highest BCUT2D eigenvalue weighted by Crippen LogP contribution is 2.51. The van der Waals surface area contributed by atoms with Crippen molar-refractivity contribution in [3.63, 3.8) is 0 Å². The number of hydrogen-bond donors (Lipinski definition) is 1. The molecule has 5 rings (SSSR count). The second kappa shape index (κ2) is 10.8. The summed E-state index contributed by atoms with van der Waals surface area (Å²) in [4.78, 5) is 11.4. The fourth-order valence-corrected chi connectivity index (χ4v) is 6.22. The largest absolute Gasteiger partial charge is 0.497 e.